The highest BCUT2D eigenvalue weighted by Gasteiger charge is 2.04. The maximum absolute atomic E-state index is 11.5. The van der Waals surface area contributed by atoms with Crippen LogP contribution in [-0.4, -0.2) is 19.3 Å². The highest BCUT2D eigenvalue weighted by molar-refractivity contribution is 6.32. The van der Waals surface area contributed by atoms with E-state index in [1.165, 1.54) is 0 Å². The third kappa shape index (κ3) is 5.17. The average molecular weight is 326 g/mol. The van der Waals surface area contributed by atoms with Gasteiger partial charge in [0.15, 0.2) is 0 Å². The quantitative estimate of drug-likeness (QED) is 0.816. The number of carbonyl (C=O) groups is 1. The number of carbonyl (C=O) groups excluding carboxylic acids is 1. The van der Waals surface area contributed by atoms with E-state index in [2.05, 4.69) is 5.32 Å². The minimum absolute atomic E-state index is 0.116. The maximum atomic E-state index is 11.5. The van der Waals surface area contributed by atoms with Gasteiger partial charge < -0.3 is 9.47 Å². The lowest BCUT2D eigenvalue weighted by atomic mass is 10.3. The Balaban J connectivity index is 1.70. The van der Waals surface area contributed by atoms with Gasteiger partial charge in [0, 0.05) is 10.7 Å². The van der Waals surface area contributed by atoms with Gasteiger partial charge in [-0.15, -0.1) is 0 Å². The third-order valence-corrected chi connectivity index (χ3v) is 3.07. The Bertz CT molecular complexity index is 602. The molecule has 0 bridgehead atoms. The van der Waals surface area contributed by atoms with Crippen LogP contribution in [0, 0.1) is 0 Å². The summed E-state index contributed by atoms with van der Waals surface area (Å²) in [6.45, 7) is 0.336. The first-order chi connectivity index (χ1) is 10.1. The Labute approximate surface area is 132 Å². The summed E-state index contributed by atoms with van der Waals surface area (Å²) in [4.78, 5) is 11.5. The summed E-state index contributed by atoms with van der Waals surface area (Å²) in [6, 6.07) is 13.8. The van der Waals surface area contributed by atoms with E-state index in [9.17, 15) is 4.79 Å². The van der Waals surface area contributed by atoms with Crippen LogP contribution in [0.4, 0.5) is 10.5 Å². The molecular formula is C15H13Cl2NO3. The predicted octanol–water partition coefficient (Wildman–Crippen LogP) is 4.62. The standard InChI is InChI=1S/C15H13Cl2NO3/c16-11-5-7-12(8-6-11)18-15(19)21-10-9-20-14-4-2-1-3-13(14)17/h1-8H,9-10H2,(H,18,19). The van der Waals surface area contributed by atoms with E-state index in [0.29, 0.717) is 21.5 Å². The molecule has 0 saturated carbocycles. The molecule has 0 spiro atoms. The van der Waals surface area contributed by atoms with Gasteiger partial charge in [-0.1, -0.05) is 35.3 Å². The Morgan fingerprint density at radius 3 is 2.43 bits per heavy atom. The second-order valence-corrected chi connectivity index (χ2v) is 4.89. The molecule has 2 aromatic carbocycles. The van der Waals surface area contributed by atoms with Crippen molar-refractivity contribution in [1.29, 1.82) is 0 Å². The summed E-state index contributed by atoms with van der Waals surface area (Å²) in [5.41, 5.74) is 0.608. The minimum Gasteiger partial charge on any atom is -0.488 e. The van der Waals surface area contributed by atoms with Crippen molar-refractivity contribution < 1.29 is 14.3 Å². The molecule has 0 aromatic heterocycles. The van der Waals surface area contributed by atoms with Crippen molar-refractivity contribution in [3.05, 3.63) is 58.6 Å². The molecule has 2 rings (SSSR count). The van der Waals surface area contributed by atoms with Gasteiger partial charge >= 0.3 is 6.09 Å². The second kappa shape index (κ2) is 7.76. The van der Waals surface area contributed by atoms with Crippen molar-refractivity contribution >= 4 is 35.0 Å². The van der Waals surface area contributed by atoms with Crippen LogP contribution in [0.2, 0.25) is 10.0 Å². The van der Waals surface area contributed by atoms with Crippen LogP contribution in [-0.2, 0) is 4.74 Å². The Morgan fingerprint density at radius 1 is 1.00 bits per heavy atom. The number of anilines is 1. The molecule has 6 heteroatoms. The fourth-order valence-electron chi connectivity index (χ4n) is 1.53. The summed E-state index contributed by atoms with van der Waals surface area (Å²) in [5.74, 6) is 0.556. The number of halogens is 2. The monoisotopic (exact) mass is 325 g/mol. The highest BCUT2D eigenvalue weighted by atomic mass is 35.5. The molecule has 0 aliphatic carbocycles. The lowest BCUT2D eigenvalue weighted by Crippen LogP contribution is -2.17. The van der Waals surface area contributed by atoms with Gasteiger partial charge in [0.2, 0.25) is 0 Å². The molecule has 2 aromatic rings. The van der Waals surface area contributed by atoms with Crippen LogP contribution in [0.15, 0.2) is 48.5 Å². The summed E-state index contributed by atoms with van der Waals surface area (Å²) in [5, 5.41) is 3.69. The van der Waals surface area contributed by atoms with Crippen LogP contribution in [0.5, 0.6) is 5.75 Å². The molecule has 1 amide bonds. The third-order valence-electron chi connectivity index (χ3n) is 2.50. The van der Waals surface area contributed by atoms with Crippen molar-refractivity contribution in [2.24, 2.45) is 0 Å². The molecule has 0 unspecified atom stereocenters. The smallest absolute Gasteiger partial charge is 0.411 e. The summed E-state index contributed by atoms with van der Waals surface area (Å²) >= 11 is 11.7. The van der Waals surface area contributed by atoms with Crippen LogP contribution >= 0.6 is 23.2 Å². The van der Waals surface area contributed by atoms with E-state index in [1.54, 1.807) is 36.4 Å². The summed E-state index contributed by atoms with van der Waals surface area (Å²) < 4.78 is 10.4. The van der Waals surface area contributed by atoms with Crippen molar-refractivity contribution in [2.45, 2.75) is 0 Å². The van der Waals surface area contributed by atoms with Crippen molar-refractivity contribution in [3.8, 4) is 5.75 Å². The SMILES string of the molecule is O=C(Nc1ccc(Cl)cc1)OCCOc1ccccc1Cl. The van der Waals surface area contributed by atoms with Gasteiger partial charge in [0.05, 0.1) is 5.02 Å². The molecule has 0 fully saturated rings. The van der Waals surface area contributed by atoms with Gasteiger partial charge in [-0.2, -0.15) is 0 Å². The van der Waals surface area contributed by atoms with Gasteiger partial charge in [-0.05, 0) is 36.4 Å². The summed E-state index contributed by atoms with van der Waals surface area (Å²) in [6.07, 6.45) is -0.555. The number of amides is 1. The minimum atomic E-state index is -0.555. The number of ether oxygens (including phenoxy) is 2. The van der Waals surface area contributed by atoms with Crippen molar-refractivity contribution in [1.82, 2.24) is 0 Å². The Hall–Kier alpha value is -1.91. The number of hydrogen-bond donors (Lipinski definition) is 1. The lowest BCUT2D eigenvalue weighted by Gasteiger charge is -2.09. The topological polar surface area (TPSA) is 47.6 Å². The van der Waals surface area contributed by atoms with E-state index in [-0.39, 0.29) is 13.2 Å². The molecule has 0 radical (unpaired) electrons. The average Bonchev–Trinajstić information content (AvgIpc) is 2.48. The van der Waals surface area contributed by atoms with Crippen molar-refractivity contribution in [2.75, 3.05) is 18.5 Å². The first kappa shape index (κ1) is 15.5. The van der Waals surface area contributed by atoms with E-state index >= 15 is 0 Å². The predicted molar refractivity (Wildman–Crippen MR) is 83.4 cm³/mol. The second-order valence-electron chi connectivity index (χ2n) is 4.05. The maximum Gasteiger partial charge on any atom is 0.411 e. The van der Waals surface area contributed by atoms with E-state index < -0.39 is 6.09 Å². The fraction of sp³-hybridized carbons (Fsp3) is 0.133. The van der Waals surface area contributed by atoms with Crippen molar-refractivity contribution in [3.63, 3.8) is 0 Å². The first-order valence-electron chi connectivity index (χ1n) is 6.22. The highest BCUT2D eigenvalue weighted by Crippen LogP contribution is 2.22. The zero-order valence-electron chi connectivity index (χ0n) is 11.0. The molecule has 0 aliphatic heterocycles. The van der Waals surface area contributed by atoms with Crippen LogP contribution in [0.1, 0.15) is 0 Å². The number of nitrogens with one attached hydrogen (secondary N) is 1. The Morgan fingerprint density at radius 2 is 1.71 bits per heavy atom. The lowest BCUT2D eigenvalue weighted by molar-refractivity contribution is 0.138. The zero-order chi connectivity index (χ0) is 15.1. The van der Waals surface area contributed by atoms with Gasteiger partial charge in [0.1, 0.15) is 19.0 Å². The Kier molecular flexibility index (Phi) is 5.72. The first-order valence-corrected chi connectivity index (χ1v) is 6.97. The summed E-state index contributed by atoms with van der Waals surface area (Å²) in [7, 11) is 0. The molecule has 0 atom stereocenters. The van der Waals surface area contributed by atoms with Crippen LogP contribution in [0.3, 0.4) is 0 Å². The number of rotatable bonds is 5. The number of hydrogen-bond acceptors (Lipinski definition) is 3. The van der Waals surface area contributed by atoms with Gasteiger partial charge in [0.25, 0.3) is 0 Å². The van der Waals surface area contributed by atoms with Gasteiger partial charge in [-0.3, -0.25) is 5.32 Å². The van der Waals surface area contributed by atoms with Gasteiger partial charge in [-0.25, -0.2) is 4.79 Å². The van der Waals surface area contributed by atoms with E-state index in [4.69, 9.17) is 32.7 Å². The van der Waals surface area contributed by atoms with Crippen LogP contribution < -0.4 is 10.1 Å². The molecule has 1 N–H and O–H groups in total. The largest absolute Gasteiger partial charge is 0.488 e. The number of para-hydroxylation sites is 1. The molecule has 0 saturated heterocycles. The molecule has 4 nitrogen and oxygen atoms in total. The normalized spacial score (nSPS) is 10.0. The molecule has 0 heterocycles. The zero-order valence-corrected chi connectivity index (χ0v) is 12.5. The molecule has 110 valence electrons. The molecular weight excluding hydrogens is 313 g/mol. The van der Waals surface area contributed by atoms with E-state index in [1.807, 2.05) is 12.1 Å². The molecule has 21 heavy (non-hydrogen) atoms. The van der Waals surface area contributed by atoms with E-state index in [0.717, 1.165) is 0 Å². The fourth-order valence-corrected chi connectivity index (χ4v) is 1.85. The van der Waals surface area contributed by atoms with Crippen LogP contribution in [0.25, 0.3) is 0 Å². The molecule has 0 aliphatic rings. The number of benzene rings is 2.